The molecule has 17 heavy (non-hydrogen) atoms. The Kier molecular flexibility index (Phi) is 3.13. The van der Waals surface area contributed by atoms with Crippen LogP contribution in [0.2, 0.25) is 0 Å². The number of carbonyl (C=O) groups excluding carboxylic acids is 1. The molecular formula is C11H11FN4O. The number of hydrogen-bond donors (Lipinski definition) is 2. The van der Waals surface area contributed by atoms with Gasteiger partial charge in [-0.1, -0.05) is 6.07 Å². The summed E-state index contributed by atoms with van der Waals surface area (Å²) in [5.41, 5.74) is 0.898. The molecule has 5 nitrogen and oxygen atoms in total. The first-order chi connectivity index (χ1) is 8.16. The highest BCUT2D eigenvalue weighted by Gasteiger charge is 2.13. The van der Waals surface area contributed by atoms with Gasteiger partial charge in [-0.15, -0.1) is 0 Å². The normalized spacial score (nSPS) is 12.1. The van der Waals surface area contributed by atoms with Crippen LogP contribution in [0.15, 0.2) is 30.6 Å². The second-order valence-corrected chi connectivity index (χ2v) is 3.57. The zero-order valence-electron chi connectivity index (χ0n) is 9.14. The van der Waals surface area contributed by atoms with Crippen LogP contribution in [0, 0.1) is 5.95 Å². The van der Waals surface area contributed by atoms with Crippen molar-refractivity contribution in [2.24, 2.45) is 0 Å². The van der Waals surface area contributed by atoms with E-state index in [1.165, 1.54) is 18.2 Å². The van der Waals surface area contributed by atoms with Crippen LogP contribution in [-0.2, 0) is 0 Å². The SMILES string of the molecule is CC(NC(=O)c1cccc(F)n1)c1cn[nH]c1. The lowest BCUT2D eigenvalue weighted by molar-refractivity contribution is 0.0933. The third-order valence-electron chi connectivity index (χ3n) is 2.31. The van der Waals surface area contributed by atoms with Gasteiger partial charge in [-0.2, -0.15) is 9.49 Å². The van der Waals surface area contributed by atoms with E-state index in [1.807, 2.05) is 6.92 Å². The van der Waals surface area contributed by atoms with E-state index in [-0.39, 0.29) is 11.7 Å². The molecule has 1 atom stereocenters. The smallest absolute Gasteiger partial charge is 0.270 e. The second-order valence-electron chi connectivity index (χ2n) is 3.57. The third-order valence-corrected chi connectivity index (χ3v) is 2.31. The number of H-pyrrole nitrogens is 1. The van der Waals surface area contributed by atoms with Crippen LogP contribution in [-0.4, -0.2) is 21.1 Å². The van der Waals surface area contributed by atoms with Crippen LogP contribution in [0.25, 0.3) is 0 Å². The minimum atomic E-state index is -0.673. The molecule has 2 aromatic heterocycles. The maximum absolute atomic E-state index is 12.8. The minimum Gasteiger partial charge on any atom is -0.344 e. The van der Waals surface area contributed by atoms with Gasteiger partial charge in [0.05, 0.1) is 12.2 Å². The van der Waals surface area contributed by atoms with Gasteiger partial charge in [-0.3, -0.25) is 9.89 Å². The summed E-state index contributed by atoms with van der Waals surface area (Å²) in [5, 5.41) is 9.14. The van der Waals surface area contributed by atoms with Crippen molar-refractivity contribution in [2.75, 3.05) is 0 Å². The lowest BCUT2D eigenvalue weighted by atomic mass is 10.2. The largest absolute Gasteiger partial charge is 0.344 e. The van der Waals surface area contributed by atoms with Gasteiger partial charge in [-0.25, -0.2) is 4.98 Å². The molecule has 1 amide bonds. The third kappa shape index (κ3) is 2.66. The van der Waals surface area contributed by atoms with Crippen molar-refractivity contribution < 1.29 is 9.18 Å². The number of carbonyl (C=O) groups is 1. The van der Waals surface area contributed by atoms with E-state index >= 15 is 0 Å². The molecule has 0 aliphatic carbocycles. The number of aromatic nitrogens is 3. The van der Waals surface area contributed by atoms with E-state index in [9.17, 15) is 9.18 Å². The summed E-state index contributed by atoms with van der Waals surface area (Å²) in [5.74, 6) is -1.09. The first kappa shape index (κ1) is 11.3. The van der Waals surface area contributed by atoms with Crippen LogP contribution in [0.3, 0.4) is 0 Å². The molecule has 0 radical (unpaired) electrons. The Balaban J connectivity index is 2.07. The highest BCUT2D eigenvalue weighted by molar-refractivity contribution is 5.92. The fourth-order valence-electron chi connectivity index (χ4n) is 1.39. The molecule has 2 aromatic rings. The molecule has 0 aliphatic rings. The number of rotatable bonds is 3. The lowest BCUT2D eigenvalue weighted by Gasteiger charge is -2.11. The molecule has 0 saturated carbocycles. The molecule has 0 bridgehead atoms. The summed E-state index contributed by atoms with van der Waals surface area (Å²) in [7, 11) is 0. The highest BCUT2D eigenvalue weighted by atomic mass is 19.1. The van der Waals surface area contributed by atoms with Crippen molar-refractivity contribution in [3.63, 3.8) is 0 Å². The molecule has 1 unspecified atom stereocenters. The van der Waals surface area contributed by atoms with Gasteiger partial charge in [-0.05, 0) is 19.1 Å². The van der Waals surface area contributed by atoms with Gasteiger partial charge in [0.1, 0.15) is 5.69 Å². The number of aromatic amines is 1. The Morgan fingerprint density at radius 2 is 2.35 bits per heavy atom. The number of amides is 1. The molecule has 0 saturated heterocycles. The van der Waals surface area contributed by atoms with Gasteiger partial charge < -0.3 is 5.32 Å². The number of pyridine rings is 1. The average Bonchev–Trinajstić information content (AvgIpc) is 2.82. The molecule has 2 rings (SSSR count). The van der Waals surface area contributed by atoms with Crippen LogP contribution in [0.1, 0.15) is 29.0 Å². The van der Waals surface area contributed by atoms with Crippen molar-refractivity contribution >= 4 is 5.91 Å². The van der Waals surface area contributed by atoms with Gasteiger partial charge in [0.25, 0.3) is 5.91 Å². The van der Waals surface area contributed by atoms with E-state index in [0.29, 0.717) is 0 Å². The fourth-order valence-corrected chi connectivity index (χ4v) is 1.39. The first-order valence-electron chi connectivity index (χ1n) is 5.09. The van der Waals surface area contributed by atoms with Crippen molar-refractivity contribution in [3.8, 4) is 0 Å². The van der Waals surface area contributed by atoms with E-state index in [1.54, 1.807) is 12.4 Å². The van der Waals surface area contributed by atoms with Crippen molar-refractivity contribution in [3.05, 3.63) is 47.8 Å². The second kappa shape index (κ2) is 4.73. The topological polar surface area (TPSA) is 70.7 Å². The number of nitrogens with one attached hydrogen (secondary N) is 2. The molecule has 6 heteroatoms. The molecule has 88 valence electrons. The van der Waals surface area contributed by atoms with Gasteiger partial charge in [0.2, 0.25) is 5.95 Å². The maximum Gasteiger partial charge on any atom is 0.270 e. The van der Waals surface area contributed by atoms with E-state index in [0.717, 1.165) is 5.56 Å². The van der Waals surface area contributed by atoms with Crippen LogP contribution >= 0.6 is 0 Å². The summed E-state index contributed by atoms with van der Waals surface area (Å²) in [6.07, 6.45) is 3.30. The standard InChI is InChI=1S/C11H11FN4O/c1-7(8-5-13-14-6-8)15-11(17)9-3-2-4-10(12)16-9/h2-7H,1H3,(H,13,14)(H,15,17). The Hall–Kier alpha value is -2.24. The molecule has 0 aromatic carbocycles. The fraction of sp³-hybridized carbons (Fsp3) is 0.182. The predicted octanol–water partition coefficient (Wildman–Crippen LogP) is 1.43. The molecular weight excluding hydrogens is 223 g/mol. The summed E-state index contributed by atoms with van der Waals surface area (Å²) >= 11 is 0. The maximum atomic E-state index is 12.8. The van der Waals surface area contributed by atoms with Crippen LogP contribution in [0.4, 0.5) is 4.39 Å². The Morgan fingerprint density at radius 3 is 3.00 bits per heavy atom. The summed E-state index contributed by atoms with van der Waals surface area (Å²) in [6, 6.07) is 3.88. The highest BCUT2D eigenvalue weighted by Crippen LogP contribution is 2.10. The number of halogens is 1. The van der Waals surface area contributed by atoms with Gasteiger partial charge in [0, 0.05) is 11.8 Å². The molecule has 0 fully saturated rings. The summed E-state index contributed by atoms with van der Waals surface area (Å²) in [6.45, 7) is 1.81. The van der Waals surface area contributed by atoms with Crippen molar-refractivity contribution in [2.45, 2.75) is 13.0 Å². The average molecular weight is 234 g/mol. The number of hydrogen-bond acceptors (Lipinski definition) is 3. The monoisotopic (exact) mass is 234 g/mol. The quantitative estimate of drug-likeness (QED) is 0.789. The minimum absolute atomic E-state index is 0.0559. The Morgan fingerprint density at radius 1 is 1.53 bits per heavy atom. The summed E-state index contributed by atoms with van der Waals surface area (Å²) < 4.78 is 12.8. The van der Waals surface area contributed by atoms with E-state index in [2.05, 4.69) is 20.5 Å². The van der Waals surface area contributed by atoms with Crippen molar-refractivity contribution in [1.29, 1.82) is 0 Å². The zero-order chi connectivity index (χ0) is 12.3. The van der Waals surface area contributed by atoms with Crippen LogP contribution < -0.4 is 5.32 Å². The molecule has 0 aliphatic heterocycles. The molecule has 0 spiro atoms. The van der Waals surface area contributed by atoms with Gasteiger partial charge >= 0.3 is 0 Å². The van der Waals surface area contributed by atoms with Gasteiger partial charge in [0.15, 0.2) is 0 Å². The van der Waals surface area contributed by atoms with E-state index < -0.39 is 11.9 Å². The summed E-state index contributed by atoms with van der Waals surface area (Å²) in [4.78, 5) is 15.2. The number of nitrogens with zero attached hydrogens (tertiary/aromatic N) is 2. The lowest BCUT2D eigenvalue weighted by Crippen LogP contribution is -2.27. The predicted molar refractivity (Wildman–Crippen MR) is 58.7 cm³/mol. The zero-order valence-corrected chi connectivity index (χ0v) is 9.14. The van der Waals surface area contributed by atoms with E-state index in [4.69, 9.17) is 0 Å². The molecule has 2 N–H and O–H groups in total. The Labute approximate surface area is 97.1 Å². The van der Waals surface area contributed by atoms with Crippen LogP contribution in [0.5, 0.6) is 0 Å². The molecule has 2 heterocycles. The van der Waals surface area contributed by atoms with Crippen molar-refractivity contribution in [1.82, 2.24) is 20.5 Å². The Bertz CT molecular complexity index is 512. The first-order valence-corrected chi connectivity index (χ1v) is 5.09.